The molecule has 0 amide bonds. The zero-order valence-corrected chi connectivity index (χ0v) is 17.8. The van der Waals surface area contributed by atoms with Crippen LogP contribution in [0, 0.1) is 0 Å². The molecular formula is C28H34N2. The average Bonchev–Trinajstić information content (AvgIpc) is 2.82. The van der Waals surface area contributed by atoms with Crippen LogP contribution >= 0.6 is 0 Å². The van der Waals surface area contributed by atoms with Crippen molar-refractivity contribution in [1.82, 2.24) is 10.6 Å². The molecule has 2 aliphatic rings. The van der Waals surface area contributed by atoms with Crippen molar-refractivity contribution in [3.63, 3.8) is 0 Å². The van der Waals surface area contributed by atoms with E-state index in [9.17, 15) is 0 Å². The third-order valence-corrected chi connectivity index (χ3v) is 5.55. The molecule has 0 bridgehead atoms. The summed E-state index contributed by atoms with van der Waals surface area (Å²) >= 11 is 0. The fourth-order valence-corrected chi connectivity index (χ4v) is 3.98. The summed E-state index contributed by atoms with van der Waals surface area (Å²) < 4.78 is 0. The van der Waals surface area contributed by atoms with Gasteiger partial charge >= 0.3 is 0 Å². The topological polar surface area (TPSA) is 24.1 Å². The molecule has 2 heterocycles. The Morgan fingerprint density at radius 3 is 1.43 bits per heavy atom. The second kappa shape index (κ2) is 12.1. The Bertz CT molecular complexity index is 751. The van der Waals surface area contributed by atoms with Gasteiger partial charge in [0.25, 0.3) is 0 Å². The van der Waals surface area contributed by atoms with Crippen molar-refractivity contribution in [2.75, 3.05) is 0 Å². The van der Waals surface area contributed by atoms with Crippen LogP contribution in [0.3, 0.4) is 0 Å². The third-order valence-electron chi connectivity index (χ3n) is 5.55. The molecule has 2 nitrogen and oxygen atoms in total. The molecule has 0 saturated heterocycles. The predicted octanol–water partition coefficient (Wildman–Crippen LogP) is 6.44. The molecule has 30 heavy (non-hydrogen) atoms. The minimum atomic E-state index is 0.366. The first-order valence-corrected chi connectivity index (χ1v) is 11.0. The van der Waals surface area contributed by atoms with Crippen molar-refractivity contribution < 1.29 is 0 Å². The van der Waals surface area contributed by atoms with Crippen LogP contribution in [0.4, 0.5) is 0 Å². The molecule has 0 fully saturated rings. The van der Waals surface area contributed by atoms with Gasteiger partial charge in [0, 0.05) is 12.1 Å². The molecule has 4 atom stereocenters. The number of hydrogen-bond acceptors (Lipinski definition) is 2. The maximum absolute atomic E-state index is 3.79. The van der Waals surface area contributed by atoms with Crippen LogP contribution in [-0.2, 0) is 0 Å². The maximum atomic E-state index is 3.79. The lowest BCUT2D eigenvalue weighted by Gasteiger charge is -2.26. The zero-order valence-electron chi connectivity index (χ0n) is 17.8. The molecule has 2 heteroatoms. The van der Waals surface area contributed by atoms with Crippen LogP contribution in [0.5, 0.6) is 0 Å². The molecule has 2 aromatic rings. The fourth-order valence-electron chi connectivity index (χ4n) is 3.98. The number of hydrogen-bond donors (Lipinski definition) is 2. The van der Waals surface area contributed by atoms with E-state index in [0.717, 1.165) is 25.7 Å². The lowest BCUT2D eigenvalue weighted by molar-refractivity contribution is 0.463. The molecule has 2 N–H and O–H groups in total. The third kappa shape index (κ3) is 6.69. The first kappa shape index (κ1) is 22.0. The van der Waals surface area contributed by atoms with E-state index in [0.29, 0.717) is 24.2 Å². The zero-order chi connectivity index (χ0) is 21.0. The van der Waals surface area contributed by atoms with E-state index in [1.165, 1.54) is 11.1 Å². The van der Waals surface area contributed by atoms with Gasteiger partial charge in [0.05, 0.1) is 12.1 Å². The SMILES string of the molecule is C=CC[C@@H]1CC=C[C@@H](c2ccccc2)N1.C=CC[C@H]1CC=C[C@H](c2ccccc2)N1. The second-order valence-electron chi connectivity index (χ2n) is 7.88. The van der Waals surface area contributed by atoms with Gasteiger partial charge in [-0.15, -0.1) is 13.2 Å². The standard InChI is InChI=1S/2C14H17N/c2*1-2-7-13-10-6-11-14(15-13)12-8-4-3-5-9-12/h2*2-6,8-9,11,13-15H,1,7,10H2/t2*13-,14+/m10/s1. The van der Waals surface area contributed by atoms with E-state index >= 15 is 0 Å². The summed E-state index contributed by atoms with van der Waals surface area (Å²) in [4.78, 5) is 0. The quantitative estimate of drug-likeness (QED) is 0.547. The van der Waals surface area contributed by atoms with Crippen LogP contribution in [0.15, 0.2) is 110 Å². The van der Waals surface area contributed by atoms with Crippen LogP contribution in [-0.4, -0.2) is 12.1 Å². The van der Waals surface area contributed by atoms with Gasteiger partial charge in [-0.1, -0.05) is 97.1 Å². The monoisotopic (exact) mass is 398 g/mol. The van der Waals surface area contributed by atoms with Gasteiger partial charge in [0.15, 0.2) is 0 Å². The van der Waals surface area contributed by atoms with E-state index in [-0.39, 0.29) is 0 Å². The Kier molecular flexibility index (Phi) is 8.89. The van der Waals surface area contributed by atoms with Crippen molar-refractivity contribution in [3.8, 4) is 0 Å². The number of nitrogens with one attached hydrogen (secondary N) is 2. The fraction of sp³-hybridized carbons (Fsp3) is 0.286. The molecule has 0 saturated carbocycles. The highest BCUT2D eigenvalue weighted by atomic mass is 15.0. The first-order chi connectivity index (χ1) is 14.8. The van der Waals surface area contributed by atoms with Crippen molar-refractivity contribution >= 4 is 0 Å². The highest BCUT2D eigenvalue weighted by molar-refractivity contribution is 5.25. The van der Waals surface area contributed by atoms with Gasteiger partial charge in [-0.05, 0) is 36.8 Å². The van der Waals surface area contributed by atoms with Crippen molar-refractivity contribution in [1.29, 1.82) is 0 Å². The normalized spacial score (nSPS) is 25.1. The number of rotatable bonds is 6. The van der Waals surface area contributed by atoms with Crippen molar-refractivity contribution in [2.45, 2.75) is 49.9 Å². The molecule has 156 valence electrons. The van der Waals surface area contributed by atoms with Gasteiger partial charge in [0.2, 0.25) is 0 Å². The summed E-state index contributed by atoms with van der Waals surface area (Å²) in [5.74, 6) is 0. The molecule has 0 aliphatic carbocycles. The molecule has 0 aromatic heterocycles. The summed E-state index contributed by atoms with van der Waals surface area (Å²) in [7, 11) is 0. The van der Waals surface area contributed by atoms with Crippen LogP contribution in [0.1, 0.15) is 48.9 Å². The summed E-state index contributed by atoms with van der Waals surface area (Å²) in [6, 6.07) is 22.9. The Morgan fingerprint density at radius 2 is 1.07 bits per heavy atom. The van der Waals surface area contributed by atoms with Gasteiger partial charge in [0.1, 0.15) is 0 Å². The van der Waals surface area contributed by atoms with Crippen molar-refractivity contribution in [2.24, 2.45) is 0 Å². The van der Waals surface area contributed by atoms with E-state index in [1.807, 2.05) is 12.2 Å². The van der Waals surface area contributed by atoms with E-state index in [4.69, 9.17) is 0 Å². The molecule has 0 radical (unpaired) electrons. The summed E-state index contributed by atoms with van der Waals surface area (Å²) in [6.07, 6.45) is 17.3. The molecular weight excluding hydrogens is 364 g/mol. The summed E-state index contributed by atoms with van der Waals surface area (Å²) in [6.45, 7) is 7.58. The first-order valence-electron chi connectivity index (χ1n) is 11.0. The largest absolute Gasteiger partial charge is 0.303 e. The minimum Gasteiger partial charge on any atom is -0.303 e. The Morgan fingerprint density at radius 1 is 0.667 bits per heavy atom. The van der Waals surface area contributed by atoms with Gasteiger partial charge in [-0.3, -0.25) is 0 Å². The van der Waals surface area contributed by atoms with Crippen LogP contribution < -0.4 is 10.6 Å². The predicted molar refractivity (Wildman–Crippen MR) is 129 cm³/mol. The van der Waals surface area contributed by atoms with Crippen LogP contribution in [0.2, 0.25) is 0 Å². The minimum absolute atomic E-state index is 0.366. The Labute approximate surface area is 182 Å². The number of benzene rings is 2. The maximum Gasteiger partial charge on any atom is 0.0508 e. The second-order valence-corrected chi connectivity index (χ2v) is 7.88. The molecule has 0 spiro atoms. The van der Waals surface area contributed by atoms with E-state index in [1.54, 1.807) is 0 Å². The van der Waals surface area contributed by atoms with Gasteiger partial charge in [-0.25, -0.2) is 0 Å². The molecule has 2 aliphatic heterocycles. The van der Waals surface area contributed by atoms with Gasteiger partial charge < -0.3 is 10.6 Å². The molecule has 2 aromatic carbocycles. The Balaban J connectivity index is 0.000000171. The molecule has 4 rings (SSSR count). The van der Waals surface area contributed by atoms with Crippen LogP contribution in [0.25, 0.3) is 0 Å². The van der Waals surface area contributed by atoms with E-state index < -0.39 is 0 Å². The molecule has 0 unspecified atom stereocenters. The summed E-state index contributed by atoms with van der Waals surface area (Å²) in [5, 5.41) is 7.23. The Hall–Kier alpha value is -2.68. The smallest absolute Gasteiger partial charge is 0.0508 e. The van der Waals surface area contributed by atoms with Gasteiger partial charge in [-0.2, -0.15) is 0 Å². The highest BCUT2D eigenvalue weighted by Crippen LogP contribution is 2.21. The van der Waals surface area contributed by atoms with E-state index in [2.05, 4.69) is 109 Å². The summed E-state index contributed by atoms with van der Waals surface area (Å²) in [5.41, 5.74) is 2.67. The lowest BCUT2D eigenvalue weighted by Crippen LogP contribution is -2.33. The highest BCUT2D eigenvalue weighted by Gasteiger charge is 2.17. The van der Waals surface area contributed by atoms with Crippen molar-refractivity contribution in [3.05, 3.63) is 121 Å². The lowest BCUT2D eigenvalue weighted by atomic mass is 9.98. The average molecular weight is 399 g/mol.